The number of thiazole rings is 1. The number of rotatable bonds is 4. The van der Waals surface area contributed by atoms with Gasteiger partial charge in [0.05, 0.1) is 19.3 Å². The largest absolute Gasteiger partial charge is 0.391 e. The Bertz CT molecular complexity index is 890. The van der Waals surface area contributed by atoms with Crippen molar-refractivity contribution in [3.05, 3.63) is 52.5 Å². The molecule has 0 spiro atoms. The van der Waals surface area contributed by atoms with Gasteiger partial charge in [0.2, 0.25) is 5.91 Å². The summed E-state index contributed by atoms with van der Waals surface area (Å²) in [7, 11) is 0. The predicted octanol–water partition coefficient (Wildman–Crippen LogP) is 4.20. The van der Waals surface area contributed by atoms with E-state index in [2.05, 4.69) is 22.0 Å². The van der Waals surface area contributed by atoms with Gasteiger partial charge in [-0.1, -0.05) is 44.2 Å². The number of carbonyl (C=O) groups is 1. The summed E-state index contributed by atoms with van der Waals surface area (Å²) in [5.41, 5.74) is 0.678. The van der Waals surface area contributed by atoms with Crippen LogP contribution in [-0.4, -0.2) is 64.7 Å². The molecule has 3 heterocycles. The van der Waals surface area contributed by atoms with Gasteiger partial charge in [0, 0.05) is 49.7 Å². The molecule has 34 heavy (non-hydrogen) atoms. The Hall–Kier alpha value is -1.80. The highest BCUT2D eigenvalue weighted by atomic mass is 32.1. The number of fused-ring (bicyclic) bond motifs is 1. The Balaban J connectivity index is 1.49. The Labute approximate surface area is 207 Å². The Morgan fingerprint density at radius 2 is 1.97 bits per heavy atom. The smallest absolute Gasteiger partial charge is 0.223 e. The van der Waals surface area contributed by atoms with Crippen LogP contribution in [0.4, 0.5) is 0 Å². The van der Waals surface area contributed by atoms with Crippen LogP contribution in [-0.2, 0) is 22.6 Å². The van der Waals surface area contributed by atoms with Gasteiger partial charge in [-0.05, 0) is 43.2 Å². The lowest BCUT2D eigenvalue weighted by Gasteiger charge is -2.39. The van der Waals surface area contributed by atoms with Crippen molar-refractivity contribution in [1.82, 2.24) is 14.8 Å². The van der Waals surface area contributed by atoms with Crippen molar-refractivity contribution in [2.45, 2.75) is 58.7 Å². The van der Waals surface area contributed by atoms with Crippen LogP contribution in [0.2, 0.25) is 0 Å². The molecule has 2 aromatic rings. The van der Waals surface area contributed by atoms with Gasteiger partial charge in [-0.25, -0.2) is 4.98 Å². The summed E-state index contributed by atoms with van der Waals surface area (Å²) in [6, 6.07) is 10.1. The van der Waals surface area contributed by atoms with E-state index in [9.17, 15) is 9.90 Å². The van der Waals surface area contributed by atoms with Crippen molar-refractivity contribution in [2.24, 2.45) is 17.3 Å². The molecule has 0 bridgehead atoms. The second-order valence-corrected chi connectivity index (χ2v) is 11.6. The second-order valence-electron chi connectivity index (χ2n) is 10.6. The van der Waals surface area contributed by atoms with Crippen LogP contribution in [0.25, 0.3) is 0 Å². The molecule has 2 fully saturated rings. The number of aliphatic hydroxyl groups is 1. The summed E-state index contributed by atoms with van der Waals surface area (Å²) in [4.78, 5) is 22.5. The number of aliphatic hydroxyl groups excluding tert-OH is 1. The van der Waals surface area contributed by atoms with Crippen LogP contribution in [0.15, 0.2) is 41.9 Å². The van der Waals surface area contributed by atoms with E-state index in [0.717, 1.165) is 49.5 Å². The molecule has 6 nitrogen and oxygen atoms in total. The first-order valence-electron chi connectivity index (χ1n) is 12.6. The molecular formula is C27H39N3O3S. The fraction of sp³-hybridized carbons (Fsp3) is 0.630. The van der Waals surface area contributed by atoms with Gasteiger partial charge in [0.15, 0.2) is 0 Å². The Morgan fingerprint density at radius 1 is 1.15 bits per heavy atom. The molecule has 2 saturated heterocycles. The van der Waals surface area contributed by atoms with Gasteiger partial charge in [-0.3, -0.25) is 9.69 Å². The molecule has 1 amide bonds. The summed E-state index contributed by atoms with van der Waals surface area (Å²) in [5.74, 6) is 0.991. The number of benzene rings is 1. The van der Waals surface area contributed by atoms with E-state index < -0.39 is 11.5 Å². The summed E-state index contributed by atoms with van der Waals surface area (Å²) >= 11 is 1.71. The number of piperidine rings is 1. The maximum Gasteiger partial charge on any atom is 0.223 e. The lowest BCUT2D eigenvalue weighted by Crippen LogP contribution is -2.46. The predicted molar refractivity (Wildman–Crippen MR) is 135 cm³/mol. The van der Waals surface area contributed by atoms with Crippen molar-refractivity contribution in [3.63, 3.8) is 0 Å². The molecule has 3 atom stereocenters. The van der Waals surface area contributed by atoms with Gasteiger partial charge in [0.1, 0.15) is 5.01 Å². The van der Waals surface area contributed by atoms with Gasteiger partial charge in [0.25, 0.3) is 0 Å². The van der Waals surface area contributed by atoms with E-state index in [1.165, 1.54) is 0 Å². The number of nitrogens with zero attached hydrogens (tertiary/aromatic N) is 3. The van der Waals surface area contributed by atoms with Gasteiger partial charge in [-0.2, -0.15) is 0 Å². The number of hydrogen-bond donors (Lipinski definition) is 1. The molecule has 0 unspecified atom stereocenters. The quantitative estimate of drug-likeness (QED) is 0.703. The molecule has 186 valence electrons. The maximum atomic E-state index is 13.6. The van der Waals surface area contributed by atoms with Crippen LogP contribution < -0.4 is 0 Å². The zero-order valence-electron chi connectivity index (χ0n) is 20.6. The molecule has 1 aromatic heterocycles. The minimum absolute atomic E-state index is 0.155. The van der Waals surface area contributed by atoms with Crippen molar-refractivity contribution >= 4 is 17.2 Å². The molecular weight excluding hydrogens is 446 g/mol. The van der Waals surface area contributed by atoms with Crippen molar-refractivity contribution in [1.29, 1.82) is 0 Å². The van der Waals surface area contributed by atoms with E-state index in [4.69, 9.17) is 4.74 Å². The zero-order valence-corrected chi connectivity index (χ0v) is 21.4. The molecule has 2 aliphatic rings. The van der Waals surface area contributed by atoms with E-state index >= 15 is 0 Å². The lowest BCUT2D eigenvalue weighted by atomic mass is 9.80. The number of amides is 1. The molecule has 7 heteroatoms. The minimum Gasteiger partial charge on any atom is -0.391 e. The number of β-amino-alcohol motifs (C(OH)–C–C–N with tert-alkyl or cyclic N) is 1. The first-order chi connectivity index (χ1) is 16.4. The number of hydrogen-bond acceptors (Lipinski definition) is 6. The molecule has 0 aliphatic carbocycles. The lowest BCUT2D eigenvalue weighted by molar-refractivity contribution is -0.137. The van der Waals surface area contributed by atoms with Crippen LogP contribution in [0, 0.1) is 17.3 Å². The third kappa shape index (κ3) is 6.87. The highest BCUT2D eigenvalue weighted by molar-refractivity contribution is 7.09. The van der Waals surface area contributed by atoms with E-state index in [1.807, 2.05) is 48.5 Å². The highest BCUT2D eigenvalue weighted by Gasteiger charge is 2.35. The summed E-state index contributed by atoms with van der Waals surface area (Å²) in [6.07, 6.45) is 4.86. The molecule has 4 rings (SSSR count). The second kappa shape index (κ2) is 11.8. The van der Waals surface area contributed by atoms with Crippen LogP contribution in [0.5, 0.6) is 0 Å². The molecule has 0 saturated carbocycles. The SMILES string of the molecule is CC1(C)COCCC[C@H]2CN(Cc3nccs3)CC[C@H]2CC(=O)N(Cc2ccccc2)C[C@@H]1O. The van der Waals surface area contributed by atoms with Gasteiger partial charge < -0.3 is 14.7 Å². The van der Waals surface area contributed by atoms with Gasteiger partial charge in [-0.15, -0.1) is 11.3 Å². The summed E-state index contributed by atoms with van der Waals surface area (Å²) in [6.45, 7) is 9.00. The molecule has 2 aliphatic heterocycles. The average Bonchev–Trinajstić information content (AvgIpc) is 3.33. The normalized spacial score (nSPS) is 27.3. The zero-order chi connectivity index (χ0) is 24.0. The van der Waals surface area contributed by atoms with Crippen molar-refractivity contribution in [2.75, 3.05) is 32.8 Å². The van der Waals surface area contributed by atoms with E-state index in [1.54, 1.807) is 11.3 Å². The topological polar surface area (TPSA) is 65.9 Å². The van der Waals surface area contributed by atoms with E-state index in [0.29, 0.717) is 44.6 Å². The monoisotopic (exact) mass is 485 g/mol. The average molecular weight is 486 g/mol. The third-order valence-electron chi connectivity index (χ3n) is 7.46. The fourth-order valence-corrected chi connectivity index (χ4v) is 5.82. The van der Waals surface area contributed by atoms with E-state index in [-0.39, 0.29) is 5.91 Å². The number of likely N-dealkylation sites (tertiary alicyclic amines) is 1. The standard InChI is InChI=1S/C27H39N3O3S/c1-27(2)20-33-13-6-9-23-17-29(19-25-28-11-14-34-25)12-10-22(23)15-26(32)30(18-24(27)31)16-21-7-4-3-5-8-21/h3-5,7-8,11,14,22-24,31H,6,9-10,12-13,15-20H2,1-2H3/t22-,23-,24-/m0/s1. The van der Waals surface area contributed by atoms with Crippen molar-refractivity contribution in [3.8, 4) is 0 Å². The van der Waals surface area contributed by atoms with Crippen LogP contribution >= 0.6 is 11.3 Å². The molecule has 1 aromatic carbocycles. The Morgan fingerprint density at radius 3 is 2.74 bits per heavy atom. The first kappa shape index (κ1) is 25.3. The molecule has 0 radical (unpaired) electrons. The number of ether oxygens (including phenoxy) is 1. The fourth-order valence-electron chi connectivity index (χ4n) is 5.16. The third-order valence-corrected chi connectivity index (χ3v) is 8.22. The first-order valence-corrected chi connectivity index (χ1v) is 13.5. The number of carbonyl (C=O) groups excluding carboxylic acids is 1. The van der Waals surface area contributed by atoms with Crippen LogP contribution in [0.1, 0.15) is 50.1 Å². The molecule has 1 N–H and O–H groups in total. The summed E-state index contributed by atoms with van der Waals surface area (Å²) in [5, 5.41) is 14.3. The number of aromatic nitrogens is 1. The Kier molecular flexibility index (Phi) is 8.75. The minimum atomic E-state index is -0.642. The highest BCUT2D eigenvalue weighted by Crippen LogP contribution is 2.33. The summed E-state index contributed by atoms with van der Waals surface area (Å²) < 4.78 is 6.02. The maximum absolute atomic E-state index is 13.6. The van der Waals surface area contributed by atoms with Crippen molar-refractivity contribution < 1.29 is 14.6 Å². The van der Waals surface area contributed by atoms with Gasteiger partial charge >= 0.3 is 0 Å². The van der Waals surface area contributed by atoms with Crippen LogP contribution in [0.3, 0.4) is 0 Å².